The lowest BCUT2D eigenvalue weighted by Gasteiger charge is -2.35. The van der Waals surface area contributed by atoms with E-state index in [1.165, 1.54) is 28.6 Å². The molecule has 1 unspecified atom stereocenters. The fourth-order valence-electron chi connectivity index (χ4n) is 5.29. The van der Waals surface area contributed by atoms with E-state index < -0.39 is 10.0 Å². The number of hydrogen-bond donors (Lipinski definition) is 0. The Bertz CT molecular complexity index is 1440. The number of nitrogens with zero attached hydrogens (tertiary/aromatic N) is 3. The van der Waals surface area contributed by atoms with E-state index in [0.29, 0.717) is 25.2 Å². The molecule has 2 heterocycles. The van der Waals surface area contributed by atoms with Gasteiger partial charge in [-0.1, -0.05) is 33.6 Å². The molecule has 0 spiro atoms. The second-order valence-corrected chi connectivity index (χ2v) is 13.0. The Morgan fingerprint density at radius 3 is 2.37 bits per heavy atom. The Hall–Kier alpha value is -2.46. The Labute approximate surface area is 236 Å². The van der Waals surface area contributed by atoms with E-state index in [1.54, 1.807) is 18.2 Å². The zero-order valence-corrected chi connectivity index (χ0v) is 24.1. The summed E-state index contributed by atoms with van der Waals surface area (Å²) in [5.41, 5.74) is 3.31. The van der Waals surface area contributed by atoms with Gasteiger partial charge >= 0.3 is 0 Å². The van der Waals surface area contributed by atoms with Gasteiger partial charge in [0.25, 0.3) is 5.91 Å². The number of sulfonamides is 1. The second-order valence-electron chi connectivity index (χ2n) is 9.73. The van der Waals surface area contributed by atoms with Crippen LogP contribution in [0.3, 0.4) is 0 Å². The number of piperazine rings is 1. The van der Waals surface area contributed by atoms with E-state index >= 15 is 0 Å². The minimum Gasteiger partial charge on any atom is -0.369 e. The molecule has 38 heavy (non-hydrogen) atoms. The number of anilines is 1. The highest BCUT2D eigenvalue weighted by Crippen LogP contribution is 2.36. The number of carbonyl (C=O) groups is 1. The Balaban J connectivity index is 1.35. The molecule has 0 aromatic heterocycles. The zero-order chi connectivity index (χ0) is 27.0. The lowest BCUT2D eigenvalue weighted by Crippen LogP contribution is -2.48. The van der Waals surface area contributed by atoms with Crippen molar-refractivity contribution in [1.29, 1.82) is 0 Å². The van der Waals surface area contributed by atoms with Crippen LogP contribution in [0, 0.1) is 12.7 Å². The number of carbonyl (C=O) groups excluding carboxylic acids is 1. The largest absolute Gasteiger partial charge is 0.369 e. The number of likely N-dealkylation sites (tertiary alicyclic amines) is 1. The van der Waals surface area contributed by atoms with Crippen molar-refractivity contribution in [2.24, 2.45) is 0 Å². The lowest BCUT2D eigenvalue weighted by atomic mass is 10.0. The molecule has 2 aliphatic heterocycles. The highest BCUT2D eigenvalue weighted by Gasteiger charge is 2.34. The highest BCUT2D eigenvalue weighted by molar-refractivity contribution is 9.10. The summed E-state index contributed by atoms with van der Waals surface area (Å²) in [5, 5.41) is 0.0862. The van der Waals surface area contributed by atoms with Crippen molar-refractivity contribution in [3.63, 3.8) is 0 Å². The highest BCUT2D eigenvalue weighted by atomic mass is 79.9. The molecule has 2 aliphatic rings. The van der Waals surface area contributed by atoms with Crippen LogP contribution in [0.25, 0.3) is 0 Å². The number of halogens is 3. The van der Waals surface area contributed by atoms with Gasteiger partial charge in [-0.05, 0) is 85.5 Å². The minimum atomic E-state index is -3.92. The molecule has 0 bridgehead atoms. The minimum absolute atomic E-state index is 0.0608. The quantitative estimate of drug-likeness (QED) is 0.349. The molecule has 0 N–H and O–H groups in total. The molecule has 200 valence electrons. The van der Waals surface area contributed by atoms with Crippen molar-refractivity contribution in [1.82, 2.24) is 9.21 Å². The van der Waals surface area contributed by atoms with Crippen molar-refractivity contribution < 1.29 is 17.6 Å². The third-order valence-electron chi connectivity index (χ3n) is 7.19. The second kappa shape index (κ2) is 11.0. The molecule has 1 atom stereocenters. The summed E-state index contributed by atoms with van der Waals surface area (Å²) >= 11 is 9.93. The molecule has 5 rings (SSSR count). The maximum atomic E-state index is 13.6. The van der Waals surface area contributed by atoms with Crippen molar-refractivity contribution in [3.8, 4) is 0 Å². The summed E-state index contributed by atoms with van der Waals surface area (Å²) in [4.78, 5) is 17.4. The summed E-state index contributed by atoms with van der Waals surface area (Å²) in [6, 6.07) is 16.7. The van der Waals surface area contributed by atoms with Crippen LogP contribution in [0.1, 0.15) is 40.4 Å². The van der Waals surface area contributed by atoms with Gasteiger partial charge in [0.2, 0.25) is 10.0 Å². The van der Waals surface area contributed by atoms with E-state index in [4.69, 9.17) is 11.6 Å². The van der Waals surface area contributed by atoms with Crippen LogP contribution >= 0.6 is 27.5 Å². The van der Waals surface area contributed by atoms with Gasteiger partial charge in [0.15, 0.2) is 0 Å². The molecule has 3 aromatic carbocycles. The Morgan fingerprint density at radius 2 is 1.68 bits per heavy atom. The van der Waals surface area contributed by atoms with E-state index in [0.717, 1.165) is 34.1 Å². The van der Waals surface area contributed by atoms with Gasteiger partial charge in [-0.15, -0.1) is 0 Å². The van der Waals surface area contributed by atoms with Gasteiger partial charge in [0.05, 0.1) is 11.1 Å². The molecule has 0 saturated carbocycles. The normalized spacial score (nSPS) is 18.7. The molecular formula is C28H28BrClFN3O3S. The lowest BCUT2D eigenvalue weighted by molar-refractivity contribution is 0.0735. The number of rotatable bonds is 5. The molecule has 10 heteroatoms. The van der Waals surface area contributed by atoms with Gasteiger partial charge < -0.3 is 9.80 Å². The van der Waals surface area contributed by atoms with Crippen LogP contribution in [-0.4, -0.2) is 56.3 Å². The molecule has 3 aromatic rings. The Morgan fingerprint density at radius 1 is 0.974 bits per heavy atom. The van der Waals surface area contributed by atoms with Crippen LogP contribution in [0.2, 0.25) is 5.02 Å². The van der Waals surface area contributed by atoms with Crippen LogP contribution < -0.4 is 4.90 Å². The molecule has 2 fully saturated rings. The average molecular weight is 621 g/mol. The summed E-state index contributed by atoms with van der Waals surface area (Å²) in [6.07, 6.45) is 1.72. The molecule has 0 aliphatic carbocycles. The monoisotopic (exact) mass is 619 g/mol. The molecule has 6 nitrogen and oxygen atoms in total. The molecule has 1 amide bonds. The summed E-state index contributed by atoms with van der Waals surface area (Å²) in [7, 11) is -3.92. The van der Waals surface area contributed by atoms with Crippen molar-refractivity contribution in [3.05, 3.63) is 92.7 Å². The zero-order valence-electron chi connectivity index (χ0n) is 20.9. The third-order valence-corrected chi connectivity index (χ3v) is 10.0. The maximum Gasteiger partial charge on any atom is 0.254 e. The number of hydrogen-bond acceptors (Lipinski definition) is 4. The van der Waals surface area contributed by atoms with Gasteiger partial charge in [0.1, 0.15) is 10.7 Å². The van der Waals surface area contributed by atoms with Gasteiger partial charge in [0, 0.05) is 48.4 Å². The molecule has 2 saturated heterocycles. The first-order chi connectivity index (χ1) is 18.1. The van der Waals surface area contributed by atoms with Crippen LogP contribution in [0.15, 0.2) is 70.0 Å². The summed E-state index contributed by atoms with van der Waals surface area (Å²) in [5.74, 6) is -0.523. The fourth-order valence-corrected chi connectivity index (χ4v) is 7.84. The average Bonchev–Trinajstić information content (AvgIpc) is 3.39. The summed E-state index contributed by atoms with van der Waals surface area (Å²) < 4.78 is 42.8. The number of aryl methyl sites for hydroxylation is 1. The predicted octanol–water partition coefficient (Wildman–Crippen LogP) is 6.04. The van der Waals surface area contributed by atoms with Crippen molar-refractivity contribution in [2.45, 2.75) is 30.7 Å². The number of benzene rings is 3. The molecule has 0 radical (unpaired) electrons. The van der Waals surface area contributed by atoms with E-state index in [2.05, 4.69) is 22.0 Å². The van der Waals surface area contributed by atoms with Crippen LogP contribution in [0.5, 0.6) is 0 Å². The van der Waals surface area contributed by atoms with Crippen molar-refractivity contribution in [2.75, 3.05) is 37.6 Å². The smallest absolute Gasteiger partial charge is 0.254 e. The van der Waals surface area contributed by atoms with Gasteiger partial charge in [-0.25, -0.2) is 12.8 Å². The Kier molecular flexibility index (Phi) is 7.82. The molecular weight excluding hydrogens is 593 g/mol. The van der Waals surface area contributed by atoms with E-state index in [9.17, 15) is 17.6 Å². The SMILES string of the molecule is Cc1cc(Br)cc(C2CCCN2C(=O)c2ccc(Cl)c(S(=O)(=O)N3CCN(c4ccc(F)cc4)CC3)c2)c1. The van der Waals surface area contributed by atoms with Gasteiger partial charge in [-0.2, -0.15) is 4.31 Å². The van der Waals surface area contributed by atoms with Crippen LogP contribution in [0.4, 0.5) is 10.1 Å². The predicted molar refractivity (Wildman–Crippen MR) is 151 cm³/mol. The number of amides is 1. The first-order valence-electron chi connectivity index (χ1n) is 12.5. The summed E-state index contributed by atoms with van der Waals surface area (Å²) in [6.45, 7) is 4.05. The fraction of sp³-hybridized carbons (Fsp3) is 0.321. The van der Waals surface area contributed by atoms with E-state index in [-0.39, 0.29) is 40.8 Å². The first-order valence-corrected chi connectivity index (χ1v) is 15.1. The van der Waals surface area contributed by atoms with Crippen LogP contribution in [-0.2, 0) is 10.0 Å². The first kappa shape index (κ1) is 27.1. The van der Waals surface area contributed by atoms with E-state index in [1.807, 2.05) is 28.9 Å². The standard InChI is InChI=1S/C28H28BrClFN3O3S/c1-19-15-21(17-22(29)16-19)26-3-2-10-34(26)28(35)20-4-9-25(30)27(18-20)38(36,37)33-13-11-32(12-14-33)24-7-5-23(31)6-8-24/h4-9,15-18,26H,2-3,10-14H2,1H3. The van der Waals surface area contributed by atoms with Gasteiger partial charge in [-0.3, -0.25) is 4.79 Å². The maximum absolute atomic E-state index is 13.6. The topological polar surface area (TPSA) is 60.9 Å². The van der Waals surface area contributed by atoms with Crippen molar-refractivity contribution >= 4 is 49.1 Å². The third kappa shape index (κ3) is 5.47.